The summed E-state index contributed by atoms with van der Waals surface area (Å²) in [7, 11) is 0. The molecule has 1 aliphatic carbocycles. The van der Waals surface area contributed by atoms with Crippen LogP contribution < -0.4 is 0 Å². The van der Waals surface area contributed by atoms with E-state index in [2.05, 4.69) is 21.7 Å². The molecule has 3 saturated heterocycles. The maximum absolute atomic E-state index is 12.8. The quantitative estimate of drug-likeness (QED) is 0.802. The summed E-state index contributed by atoms with van der Waals surface area (Å²) < 4.78 is 5.98. The van der Waals surface area contributed by atoms with Crippen molar-refractivity contribution in [3.05, 3.63) is 22.4 Å². The number of esters is 1. The van der Waals surface area contributed by atoms with E-state index >= 15 is 0 Å². The topological polar surface area (TPSA) is 29.5 Å². The van der Waals surface area contributed by atoms with Crippen LogP contribution in [0.4, 0.5) is 0 Å². The Morgan fingerprint density at radius 2 is 2.15 bits per heavy atom. The van der Waals surface area contributed by atoms with Crippen LogP contribution in [0.3, 0.4) is 0 Å². The fourth-order valence-corrected chi connectivity index (χ4v) is 4.73. The fraction of sp³-hybridized carbons (Fsp3) is 0.688. The summed E-state index contributed by atoms with van der Waals surface area (Å²) in [6.45, 7) is 3.33. The average molecular weight is 291 g/mol. The Morgan fingerprint density at radius 3 is 2.65 bits per heavy atom. The zero-order chi connectivity index (χ0) is 13.6. The number of carbonyl (C=O) groups is 1. The van der Waals surface area contributed by atoms with E-state index in [1.165, 1.54) is 31.5 Å². The number of nitrogens with zero attached hydrogens (tertiary/aromatic N) is 1. The smallest absolute Gasteiger partial charge is 0.316 e. The molecule has 5 rings (SSSR count). The lowest BCUT2D eigenvalue weighted by Crippen LogP contribution is -2.54. The van der Waals surface area contributed by atoms with Gasteiger partial charge in [0, 0.05) is 6.54 Å². The number of carbonyl (C=O) groups excluding carboxylic acids is 1. The first-order chi connectivity index (χ1) is 9.78. The number of hydrogen-bond acceptors (Lipinski definition) is 4. The van der Waals surface area contributed by atoms with Gasteiger partial charge < -0.3 is 4.74 Å². The van der Waals surface area contributed by atoms with Gasteiger partial charge in [0.15, 0.2) is 0 Å². The Bertz CT molecular complexity index is 487. The van der Waals surface area contributed by atoms with E-state index in [1.807, 2.05) is 0 Å². The van der Waals surface area contributed by atoms with Crippen molar-refractivity contribution in [3.8, 4) is 0 Å². The first-order valence-corrected chi connectivity index (χ1v) is 8.68. The van der Waals surface area contributed by atoms with Crippen molar-refractivity contribution in [1.29, 1.82) is 0 Å². The summed E-state index contributed by atoms with van der Waals surface area (Å²) in [6, 6.07) is 2.10. The van der Waals surface area contributed by atoms with Crippen molar-refractivity contribution in [2.75, 3.05) is 19.6 Å². The predicted octanol–water partition coefficient (Wildman–Crippen LogP) is 2.81. The normalized spacial score (nSPS) is 34.5. The van der Waals surface area contributed by atoms with Crippen LogP contribution in [-0.4, -0.2) is 36.6 Å². The van der Waals surface area contributed by atoms with Crippen molar-refractivity contribution in [3.63, 3.8) is 0 Å². The van der Waals surface area contributed by atoms with Gasteiger partial charge in [-0.05, 0) is 67.1 Å². The molecule has 4 heterocycles. The van der Waals surface area contributed by atoms with E-state index in [1.54, 1.807) is 11.3 Å². The third kappa shape index (κ3) is 1.92. The van der Waals surface area contributed by atoms with Crippen molar-refractivity contribution in [1.82, 2.24) is 4.90 Å². The molecule has 4 fully saturated rings. The molecule has 0 spiro atoms. The van der Waals surface area contributed by atoms with Gasteiger partial charge >= 0.3 is 5.97 Å². The standard InChI is InChI=1S/C16H21NO2S/c18-15(16(5-1-6-16)13-4-9-20-11-13)19-14-10-17-7-2-12(14)3-8-17/h4,9,11-12,14H,1-3,5-8,10H2. The molecule has 3 nitrogen and oxygen atoms in total. The van der Waals surface area contributed by atoms with Crippen LogP contribution in [-0.2, 0) is 14.9 Å². The van der Waals surface area contributed by atoms with Crippen molar-refractivity contribution in [2.24, 2.45) is 5.92 Å². The minimum atomic E-state index is -0.313. The van der Waals surface area contributed by atoms with Gasteiger partial charge in [0.1, 0.15) is 6.10 Å². The lowest BCUT2D eigenvalue weighted by Gasteiger charge is -2.46. The van der Waals surface area contributed by atoms with Gasteiger partial charge in [0.05, 0.1) is 5.41 Å². The molecule has 0 radical (unpaired) electrons. The largest absolute Gasteiger partial charge is 0.460 e. The average Bonchev–Trinajstić information content (AvgIpc) is 2.93. The molecule has 2 bridgehead atoms. The molecule has 20 heavy (non-hydrogen) atoms. The third-order valence-electron chi connectivity index (χ3n) is 5.53. The van der Waals surface area contributed by atoms with Crippen LogP contribution in [0.2, 0.25) is 0 Å². The lowest BCUT2D eigenvalue weighted by molar-refractivity contribution is -0.169. The molecule has 1 aromatic heterocycles. The van der Waals surface area contributed by atoms with Gasteiger partial charge in [0.25, 0.3) is 0 Å². The second-order valence-electron chi connectivity index (χ2n) is 6.53. The van der Waals surface area contributed by atoms with Crippen LogP contribution >= 0.6 is 11.3 Å². The van der Waals surface area contributed by atoms with Gasteiger partial charge in [-0.25, -0.2) is 0 Å². The summed E-state index contributed by atoms with van der Waals surface area (Å²) in [5, 5.41) is 4.19. The van der Waals surface area contributed by atoms with Crippen LogP contribution in [0.25, 0.3) is 0 Å². The Kier molecular flexibility index (Phi) is 3.11. The van der Waals surface area contributed by atoms with E-state index in [-0.39, 0.29) is 17.5 Å². The second-order valence-corrected chi connectivity index (χ2v) is 7.31. The summed E-state index contributed by atoms with van der Waals surface area (Å²) in [6.07, 6.45) is 5.60. The highest BCUT2D eigenvalue weighted by Gasteiger charge is 2.49. The summed E-state index contributed by atoms with van der Waals surface area (Å²) in [4.78, 5) is 15.2. The lowest BCUT2D eigenvalue weighted by atomic mass is 9.65. The molecule has 3 aliphatic heterocycles. The molecule has 1 unspecified atom stereocenters. The summed E-state index contributed by atoms with van der Waals surface area (Å²) in [5.74, 6) is 0.643. The highest BCUT2D eigenvalue weighted by Crippen LogP contribution is 2.46. The number of fused-ring (bicyclic) bond motifs is 3. The molecule has 1 aromatic rings. The van der Waals surface area contributed by atoms with Crippen molar-refractivity contribution >= 4 is 17.3 Å². The Hall–Kier alpha value is -0.870. The summed E-state index contributed by atoms with van der Waals surface area (Å²) >= 11 is 1.68. The molecular formula is C16H21NO2S. The molecule has 0 aromatic carbocycles. The zero-order valence-corrected chi connectivity index (χ0v) is 12.5. The Balaban J connectivity index is 1.50. The highest BCUT2D eigenvalue weighted by molar-refractivity contribution is 7.08. The Morgan fingerprint density at radius 1 is 1.35 bits per heavy atom. The highest BCUT2D eigenvalue weighted by atomic mass is 32.1. The van der Waals surface area contributed by atoms with E-state index in [0.717, 1.165) is 25.8 Å². The van der Waals surface area contributed by atoms with Crippen molar-refractivity contribution < 1.29 is 9.53 Å². The molecule has 4 aliphatic rings. The van der Waals surface area contributed by atoms with Gasteiger partial charge in [-0.2, -0.15) is 11.3 Å². The fourth-order valence-electron chi connectivity index (χ4n) is 3.97. The van der Waals surface area contributed by atoms with Gasteiger partial charge in [-0.1, -0.05) is 6.42 Å². The Labute approximate surface area is 123 Å². The predicted molar refractivity (Wildman–Crippen MR) is 78.9 cm³/mol. The van der Waals surface area contributed by atoms with E-state index in [9.17, 15) is 4.79 Å². The van der Waals surface area contributed by atoms with Crippen LogP contribution in [0.15, 0.2) is 16.8 Å². The van der Waals surface area contributed by atoms with E-state index in [4.69, 9.17) is 4.74 Å². The number of thiophene rings is 1. The maximum Gasteiger partial charge on any atom is 0.316 e. The number of hydrogen-bond donors (Lipinski definition) is 0. The van der Waals surface area contributed by atoms with E-state index < -0.39 is 0 Å². The third-order valence-corrected chi connectivity index (χ3v) is 6.21. The van der Waals surface area contributed by atoms with Crippen LogP contribution in [0, 0.1) is 5.92 Å². The first kappa shape index (κ1) is 12.8. The SMILES string of the molecule is O=C(OC1CN2CCC1CC2)C1(c2ccsc2)CCC1. The van der Waals surface area contributed by atoms with Gasteiger partial charge in [-0.15, -0.1) is 0 Å². The minimum Gasteiger partial charge on any atom is -0.460 e. The second kappa shape index (κ2) is 4.85. The molecule has 4 heteroatoms. The first-order valence-electron chi connectivity index (χ1n) is 7.74. The van der Waals surface area contributed by atoms with Crippen molar-refractivity contribution in [2.45, 2.75) is 43.6 Å². The van der Waals surface area contributed by atoms with E-state index in [0.29, 0.717) is 5.92 Å². The number of piperidine rings is 3. The molecule has 1 saturated carbocycles. The molecule has 108 valence electrons. The number of rotatable bonds is 3. The molecule has 1 atom stereocenters. The van der Waals surface area contributed by atoms with Gasteiger partial charge in [0.2, 0.25) is 0 Å². The zero-order valence-electron chi connectivity index (χ0n) is 11.7. The number of ether oxygens (including phenoxy) is 1. The van der Waals surface area contributed by atoms with Crippen LogP contribution in [0.1, 0.15) is 37.7 Å². The molecule has 0 amide bonds. The maximum atomic E-state index is 12.8. The summed E-state index contributed by atoms with van der Waals surface area (Å²) in [5.41, 5.74) is 0.867. The molecular weight excluding hydrogens is 270 g/mol. The van der Waals surface area contributed by atoms with Crippen LogP contribution in [0.5, 0.6) is 0 Å². The van der Waals surface area contributed by atoms with Gasteiger partial charge in [-0.3, -0.25) is 9.69 Å². The molecule has 0 N–H and O–H groups in total. The monoisotopic (exact) mass is 291 g/mol. The minimum absolute atomic E-state index is 0.0425.